The molecule has 29 heavy (non-hydrogen) atoms. The Morgan fingerprint density at radius 1 is 1.17 bits per heavy atom. The van der Waals surface area contributed by atoms with Gasteiger partial charge in [0.1, 0.15) is 6.54 Å². The van der Waals surface area contributed by atoms with Crippen molar-refractivity contribution in [3.8, 4) is 6.07 Å². The second kappa shape index (κ2) is 9.02. The van der Waals surface area contributed by atoms with Crippen LogP contribution in [0.1, 0.15) is 12.0 Å². The van der Waals surface area contributed by atoms with E-state index in [0.29, 0.717) is 5.69 Å². The summed E-state index contributed by atoms with van der Waals surface area (Å²) in [5, 5.41) is 8.99. The molecule has 0 aliphatic carbocycles. The van der Waals surface area contributed by atoms with Crippen LogP contribution in [0.2, 0.25) is 0 Å². The van der Waals surface area contributed by atoms with Crippen LogP contribution in [0.5, 0.6) is 0 Å². The number of rotatable bonds is 6. The average Bonchev–Trinajstić information content (AvgIpc) is 3.13. The fourth-order valence-corrected chi connectivity index (χ4v) is 3.17. The standard InChI is InChI=1S/C22H21N3O4/c1-16-7-9-19(10-8-16)25-14-17(13-20(25)26)22(28)29-15-21(27)24(12-11-23)18-5-3-2-4-6-18/h2-10,17H,12-15H2,1H3. The minimum Gasteiger partial charge on any atom is -0.455 e. The van der Waals surface area contributed by atoms with Gasteiger partial charge in [-0.2, -0.15) is 5.26 Å². The Bertz CT molecular complexity index is 935. The molecule has 3 rings (SSSR count). The van der Waals surface area contributed by atoms with Crippen molar-refractivity contribution in [2.75, 3.05) is 29.5 Å². The molecule has 2 amide bonds. The third kappa shape index (κ3) is 4.79. The van der Waals surface area contributed by atoms with Crippen molar-refractivity contribution in [1.29, 1.82) is 5.26 Å². The summed E-state index contributed by atoms with van der Waals surface area (Å²) in [7, 11) is 0. The molecule has 0 spiro atoms. The number of nitrogens with zero attached hydrogens (tertiary/aromatic N) is 3. The van der Waals surface area contributed by atoms with Gasteiger partial charge in [0.05, 0.1) is 12.0 Å². The first-order chi connectivity index (χ1) is 14.0. The molecule has 1 aliphatic heterocycles. The van der Waals surface area contributed by atoms with Crippen molar-refractivity contribution in [2.45, 2.75) is 13.3 Å². The normalized spacial score (nSPS) is 15.7. The van der Waals surface area contributed by atoms with Gasteiger partial charge in [-0.25, -0.2) is 0 Å². The lowest BCUT2D eigenvalue weighted by Crippen LogP contribution is -2.36. The predicted molar refractivity (Wildman–Crippen MR) is 107 cm³/mol. The quantitative estimate of drug-likeness (QED) is 0.557. The number of nitriles is 1. The van der Waals surface area contributed by atoms with Crippen LogP contribution in [-0.4, -0.2) is 37.5 Å². The fourth-order valence-electron chi connectivity index (χ4n) is 3.17. The van der Waals surface area contributed by atoms with Crippen LogP contribution in [0.25, 0.3) is 0 Å². The molecular weight excluding hydrogens is 370 g/mol. The number of aryl methyl sites for hydroxylation is 1. The molecular formula is C22H21N3O4. The molecule has 0 radical (unpaired) electrons. The summed E-state index contributed by atoms with van der Waals surface area (Å²) in [4.78, 5) is 40.0. The van der Waals surface area contributed by atoms with E-state index >= 15 is 0 Å². The van der Waals surface area contributed by atoms with Crippen LogP contribution >= 0.6 is 0 Å². The number of anilines is 2. The summed E-state index contributed by atoms with van der Waals surface area (Å²) in [5.74, 6) is -1.87. The third-order valence-corrected chi connectivity index (χ3v) is 4.74. The zero-order valence-electron chi connectivity index (χ0n) is 16.1. The summed E-state index contributed by atoms with van der Waals surface area (Å²) < 4.78 is 5.17. The molecule has 0 aromatic heterocycles. The van der Waals surface area contributed by atoms with Gasteiger partial charge in [-0.3, -0.25) is 19.3 Å². The van der Waals surface area contributed by atoms with E-state index < -0.39 is 24.4 Å². The molecule has 2 aromatic rings. The van der Waals surface area contributed by atoms with Crippen LogP contribution in [0.4, 0.5) is 11.4 Å². The van der Waals surface area contributed by atoms with Gasteiger partial charge in [0.15, 0.2) is 6.61 Å². The van der Waals surface area contributed by atoms with Crippen LogP contribution in [-0.2, 0) is 19.1 Å². The number of benzene rings is 2. The lowest BCUT2D eigenvalue weighted by atomic mass is 10.1. The largest absolute Gasteiger partial charge is 0.455 e. The first-order valence-corrected chi connectivity index (χ1v) is 9.25. The molecule has 0 bridgehead atoms. The molecule has 1 fully saturated rings. The number of para-hydroxylation sites is 1. The topological polar surface area (TPSA) is 90.7 Å². The first kappa shape index (κ1) is 20.1. The van der Waals surface area contributed by atoms with Crippen molar-refractivity contribution >= 4 is 29.2 Å². The Morgan fingerprint density at radius 3 is 2.52 bits per heavy atom. The number of carbonyl (C=O) groups excluding carboxylic acids is 3. The molecule has 1 saturated heterocycles. The second-order valence-corrected chi connectivity index (χ2v) is 6.82. The van der Waals surface area contributed by atoms with Crippen molar-refractivity contribution in [3.05, 3.63) is 60.2 Å². The molecule has 1 heterocycles. The fraction of sp³-hybridized carbons (Fsp3) is 0.273. The van der Waals surface area contributed by atoms with Crippen molar-refractivity contribution in [3.63, 3.8) is 0 Å². The number of hydrogen-bond acceptors (Lipinski definition) is 5. The van der Waals surface area contributed by atoms with Crippen molar-refractivity contribution < 1.29 is 19.1 Å². The number of hydrogen-bond donors (Lipinski definition) is 0. The van der Waals surface area contributed by atoms with E-state index in [4.69, 9.17) is 10.00 Å². The van der Waals surface area contributed by atoms with Gasteiger partial charge in [-0.05, 0) is 31.2 Å². The van der Waals surface area contributed by atoms with E-state index in [1.807, 2.05) is 37.3 Å². The summed E-state index contributed by atoms with van der Waals surface area (Å²) in [6, 6.07) is 18.1. The summed E-state index contributed by atoms with van der Waals surface area (Å²) in [6.45, 7) is 1.54. The van der Waals surface area contributed by atoms with E-state index in [1.165, 1.54) is 4.90 Å². The minimum atomic E-state index is -0.627. The molecule has 0 saturated carbocycles. The Morgan fingerprint density at radius 2 is 1.86 bits per heavy atom. The van der Waals surface area contributed by atoms with Crippen molar-refractivity contribution in [1.82, 2.24) is 0 Å². The minimum absolute atomic E-state index is 0.0432. The monoisotopic (exact) mass is 391 g/mol. The maximum atomic E-state index is 12.5. The van der Waals surface area contributed by atoms with E-state index in [-0.39, 0.29) is 25.4 Å². The zero-order chi connectivity index (χ0) is 20.8. The molecule has 7 nitrogen and oxygen atoms in total. The lowest BCUT2D eigenvalue weighted by Gasteiger charge is -2.20. The highest BCUT2D eigenvalue weighted by molar-refractivity contribution is 6.00. The van der Waals surface area contributed by atoms with E-state index in [0.717, 1.165) is 11.3 Å². The van der Waals surface area contributed by atoms with Gasteiger partial charge in [0.25, 0.3) is 5.91 Å². The highest BCUT2D eigenvalue weighted by atomic mass is 16.5. The highest BCUT2D eigenvalue weighted by Gasteiger charge is 2.36. The predicted octanol–water partition coefficient (Wildman–Crippen LogP) is 2.45. The molecule has 0 N–H and O–H groups in total. The van der Waals surface area contributed by atoms with Crippen LogP contribution in [0.3, 0.4) is 0 Å². The van der Waals surface area contributed by atoms with Crippen LogP contribution in [0.15, 0.2) is 54.6 Å². The molecule has 1 unspecified atom stereocenters. The molecule has 1 aliphatic rings. The Kier molecular flexibility index (Phi) is 6.25. The average molecular weight is 391 g/mol. The van der Waals surface area contributed by atoms with E-state index in [9.17, 15) is 14.4 Å². The summed E-state index contributed by atoms with van der Waals surface area (Å²) in [5.41, 5.74) is 2.36. The third-order valence-electron chi connectivity index (χ3n) is 4.74. The number of ether oxygens (including phenoxy) is 1. The highest BCUT2D eigenvalue weighted by Crippen LogP contribution is 2.26. The lowest BCUT2D eigenvalue weighted by molar-refractivity contribution is -0.151. The van der Waals surface area contributed by atoms with Gasteiger partial charge in [0.2, 0.25) is 5.91 Å². The smallest absolute Gasteiger partial charge is 0.311 e. The number of esters is 1. The Balaban J connectivity index is 1.59. The van der Waals surface area contributed by atoms with Gasteiger partial charge in [-0.1, -0.05) is 35.9 Å². The summed E-state index contributed by atoms with van der Waals surface area (Å²) >= 11 is 0. The second-order valence-electron chi connectivity index (χ2n) is 6.82. The first-order valence-electron chi connectivity index (χ1n) is 9.25. The van der Waals surface area contributed by atoms with Crippen molar-refractivity contribution in [2.24, 2.45) is 5.92 Å². The SMILES string of the molecule is Cc1ccc(N2CC(C(=O)OCC(=O)N(CC#N)c3ccccc3)CC2=O)cc1. The molecule has 2 aromatic carbocycles. The van der Waals surface area contributed by atoms with E-state index in [2.05, 4.69) is 0 Å². The summed E-state index contributed by atoms with van der Waals surface area (Å²) in [6.07, 6.45) is 0.0432. The zero-order valence-corrected chi connectivity index (χ0v) is 16.1. The maximum absolute atomic E-state index is 12.5. The molecule has 148 valence electrons. The molecule has 1 atom stereocenters. The molecule has 7 heteroatoms. The van der Waals surface area contributed by atoms with Crippen LogP contribution in [0, 0.1) is 24.2 Å². The van der Waals surface area contributed by atoms with E-state index in [1.54, 1.807) is 35.2 Å². The van der Waals surface area contributed by atoms with Crippen LogP contribution < -0.4 is 9.80 Å². The van der Waals surface area contributed by atoms with Gasteiger partial charge >= 0.3 is 5.97 Å². The van der Waals surface area contributed by atoms with Gasteiger partial charge < -0.3 is 9.64 Å². The Hall–Kier alpha value is -3.66. The van der Waals surface area contributed by atoms with Gasteiger partial charge in [-0.15, -0.1) is 0 Å². The van der Waals surface area contributed by atoms with Gasteiger partial charge in [0, 0.05) is 24.3 Å². The number of amides is 2. The maximum Gasteiger partial charge on any atom is 0.311 e. The Labute approximate surface area is 169 Å². The number of carbonyl (C=O) groups is 3.